The van der Waals surface area contributed by atoms with E-state index in [0.717, 1.165) is 29.4 Å². The number of nitrogen functional groups attached to an aromatic ring is 1. The van der Waals surface area contributed by atoms with Crippen LogP contribution in [0.25, 0.3) is 10.9 Å². The Morgan fingerprint density at radius 1 is 1.04 bits per heavy atom. The number of ether oxygens (including phenoxy) is 1. The maximum atomic E-state index is 13.0. The van der Waals surface area contributed by atoms with Crippen LogP contribution in [0.1, 0.15) is 31.7 Å². The average Bonchev–Trinajstić information content (AvgIpc) is 2.58. The van der Waals surface area contributed by atoms with Gasteiger partial charge in [0, 0.05) is 17.1 Å². The van der Waals surface area contributed by atoms with Crippen LogP contribution in [0.15, 0.2) is 48.5 Å². The lowest BCUT2D eigenvalue weighted by atomic mass is 10.0. The van der Waals surface area contributed by atoms with Crippen molar-refractivity contribution in [2.24, 2.45) is 0 Å². The first kappa shape index (κ1) is 16.2. The molecule has 0 aliphatic carbocycles. The first-order valence-electron chi connectivity index (χ1n) is 8.28. The quantitative estimate of drug-likeness (QED) is 0.482. The van der Waals surface area contributed by atoms with E-state index in [1.807, 2.05) is 24.3 Å². The Morgan fingerprint density at radius 2 is 1.83 bits per heavy atom. The Labute approximate surface area is 141 Å². The van der Waals surface area contributed by atoms with Gasteiger partial charge in [0.25, 0.3) is 0 Å². The molecule has 0 aliphatic heterocycles. The minimum absolute atomic E-state index is 0.287. The molecule has 3 rings (SSSR count). The van der Waals surface area contributed by atoms with Crippen LogP contribution in [0.5, 0.6) is 11.6 Å². The number of nitrogens with zero attached hydrogens (tertiary/aromatic N) is 1. The number of rotatable bonds is 6. The zero-order valence-corrected chi connectivity index (χ0v) is 13.8. The van der Waals surface area contributed by atoms with Gasteiger partial charge in [-0.1, -0.05) is 19.8 Å². The number of hydrogen-bond acceptors (Lipinski definition) is 3. The number of anilines is 1. The van der Waals surface area contributed by atoms with E-state index in [-0.39, 0.29) is 5.82 Å². The van der Waals surface area contributed by atoms with Gasteiger partial charge in [0.05, 0.1) is 5.52 Å². The number of hydrogen-bond donors (Lipinski definition) is 1. The Bertz CT molecular complexity index is 831. The van der Waals surface area contributed by atoms with Crippen LogP contribution >= 0.6 is 0 Å². The summed E-state index contributed by atoms with van der Waals surface area (Å²) >= 11 is 0. The second-order valence-electron chi connectivity index (χ2n) is 5.91. The fourth-order valence-corrected chi connectivity index (χ4v) is 2.73. The largest absolute Gasteiger partial charge is 0.439 e. The lowest BCUT2D eigenvalue weighted by Gasteiger charge is -2.11. The average molecular weight is 324 g/mol. The molecule has 2 aromatic carbocycles. The van der Waals surface area contributed by atoms with E-state index in [1.54, 1.807) is 12.1 Å². The van der Waals surface area contributed by atoms with Crippen molar-refractivity contribution in [2.75, 3.05) is 5.73 Å². The first-order chi connectivity index (χ1) is 11.7. The summed E-state index contributed by atoms with van der Waals surface area (Å²) in [6, 6.07) is 13.6. The third kappa shape index (κ3) is 3.82. The predicted octanol–water partition coefficient (Wildman–Crippen LogP) is 5.48. The van der Waals surface area contributed by atoms with Crippen molar-refractivity contribution in [1.29, 1.82) is 0 Å². The molecule has 2 N–H and O–H groups in total. The third-order valence-corrected chi connectivity index (χ3v) is 3.98. The zero-order valence-electron chi connectivity index (χ0n) is 13.8. The van der Waals surface area contributed by atoms with Crippen molar-refractivity contribution in [3.8, 4) is 11.6 Å². The third-order valence-electron chi connectivity index (χ3n) is 3.98. The number of fused-ring (bicyclic) bond motifs is 1. The number of unbranched alkanes of at least 4 members (excludes halogenated alkanes) is 2. The molecule has 0 aliphatic rings. The molecule has 0 fully saturated rings. The molecular weight excluding hydrogens is 303 g/mol. The Morgan fingerprint density at radius 3 is 2.58 bits per heavy atom. The second-order valence-corrected chi connectivity index (χ2v) is 5.91. The maximum Gasteiger partial charge on any atom is 0.220 e. The molecule has 24 heavy (non-hydrogen) atoms. The van der Waals surface area contributed by atoms with Gasteiger partial charge >= 0.3 is 0 Å². The van der Waals surface area contributed by atoms with E-state index in [9.17, 15) is 4.39 Å². The van der Waals surface area contributed by atoms with E-state index in [1.165, 1.54) is 30.5 Å². The molecular formula is C20H21FN2O. The van der Waals surface area contributed by atoms with E-state index in [4.69, 9.17) is 10.5 Å². The molecule has 0 atom stereocenters. The van der Waals surface area contributed by atoms with Crippen molar-refractivity contribution in [1.82, 2.24) is 4.98 Å². The van der Waals surface area contributed by atoms with E-state index >= 15 is 0 Å². The van der Waals surface area contributed by atoms with Gasteiger partial charge in [0.2, 0.25) is 5.88 Å². The molecule has 0 unspecified atom stereocenters. The smallest absolute Gasteiger partial charge is 0.220 e. The molecule has 0 spiro atoms. The summed E-state index contributed by atoms with van der Waals surface area (Å²) in [5.74, 6) is 0.799. The topological polar surface area (TPSA) is 48.1 Å². The van der Waals surface area contributed by atoms with Gasteiger partial charge in [0.15, 0.2) is 0 Å². The molecule has 124 valence electrons. The van der Waals surface area contributed by atoms with Crippen LogP contribution in [0.3, 0.4) is 0 Å². The molecule has 0 amide bonds. The van der Waals surface area contributed by atoms with Crippen LogP contribution in [0.4, 0.5) is 10.1 Å². The van der Waals surface area contributed by atoms with Gasteiger partial charge in [-0.15, -0.1) is 0 Å². The van der Waals surface area contributed by atoms with E-state index in [2.05, 4.69) is 11.9 Å². The van der Waals surface area contributed by atoms with Crippen molar-refractivity contribution < 1.29 is 9.13 Å². The lowest BCUT2D eigenvalue weighted by molar-refractivity contribution is 0.462. The van der Waals surface area contributed by atoms with Gasteiger partial charge in [0.1, 0.15) is 11.6 Å². The van der Waals surface area contributed by atoms with Gasteiger partial charge in [-0.2, -0.15) is 0 Å². The highest BCUT2D eigenvalue weighted by molar-refractivity contribution is 5.85. The van der Waals surface area contributed by atoms with Gasteiger partial charge in [-0.05, 0) is 60.9 Å². The number of aryl methyl sites for hydroxylation is 1. The summed E-state index contributed by atoms with van der Waals surface area (Å²) < 4.78 is 18.8. The number of nitrogens with two attached hydrogens (primary N) is 1. The van der Waals surface area contributed by atoms with Gasteiger partial charge in [-0.3, -0.25) is 0 Å². The highest BCUT2D eigenvalue weighted by Crippen LogP contribution is 2.28. The first-order valence-corrected chi connectivity index (χ1v) is 8.28. The lowest BCUT2D eigenvalue weighted by Crippen LogP contribution is -1.96. The minimum Gasteiger partial charge on any atom is -0.439 e. The highest BCUT2D eigenvalue weighted by atomic mass is 19.1. The molecule has 0 bridgehead atoms. The normalized spacial score (nSPS) is 10.9. The molecule has 0 saturated heterocycles. The molecule has 3 nitrogen and oxygen atoms in total. The number of pyridine rings is 1. The van der Waals surface area contributed by atoms with Crippen LogP contribution in [0.2, 0.25) is 0 Å². The SMILES string of the molecule is CCCCCc1cc(Oc2ccc(F)cc2)nc2ccc(N)cc12. The Kier molecular flexibility index (Phi) is 4.94. The zero-order chi connectivity index (χ0) is 16.9. The molecule has 0 radical (unpaired) electrons. The standard InChI is InChI=1S/C20H21FN2O/c1-2-3-4-5-14-12-20(24-17-9-6-15(21)7-10-17)23-19-11-8-16(22)13-18(14)19/h6-13H,2-5,22H2,1H3. The summed E-state index contributed by atoms with van der Waals surface area (Å²) in [4.78, 5) is 4.55. The van der Waals surface area contributed by atoms with Crippen molar-refractivity contribution in [3.63, 3.8) is 0 Å². The molecule has 3 aromatic rings. The summed E-state index contributed by atoms with van der Waals surface area (Å²) in [5.41, 5.74) is 8.69. The molecule has 0 saturated carbocycles. The van der Waals surface area contributed by atoms with Crippen molar-refractivity contribution in [3.05, 3.63) is 59.9 Å². The van der Waals surface area contributed by atoms with E-state index in [0.29, 0.717) is 11.6 Å². The van der Waals surface area contributed by atoms with Crippen LogP contribution < -0.4 is 10.5 Å². The van der Waals surface area contributed by atoms with Crippen LogP contribution in [0, 0.1) is 5.82 Å². The second kappa shape index (κ2) is 7.30. The Hall–Kier alpha value is -2.62. The number of aromatic nitrogens is 1. The Balaban J connectivity index is 1.95. The predicted molar refractivity (Wildman–Crippen MR) is 95.9 cm³/mol. The summed E-state index contributed by atoms with van der Waals surface area (Å²) in [7, 11) is 0. The molecule has 1 heterocycles. The number of halogens is 1. The monoisotopic (exact) mass is 324 g/mol. The van der Waals surface area contributed by atoms with Gasteiger partial charge < -0.3 is 10.5 Å². The fourth-order valence-electron chi connectivity index (χ4n) is 2.73. The summed E-state index contributed by atoms with van der Waals surface area (Å²) in [6.45, 7) is 2.19. The van der Waals surface area contributed by atoms with Crippen LogP contribution in [-0.4, -0.2) is 4.98 Å². The highest BCUT2D eigenvalue weighted by Gasteiger charge is 2.08. The molecule has 1 aromatic heterocycles. The number of benzene rings is 2. The van der Waals surface area contributed by atoms with Crippen LogP contribution in [-0.2, 0) is 6.42 Å². The summed E-state index contributed by atoms with van der Waals surface area (Å²) in [5, 5.41) is 1.07. The van der Waals surface area contributed by atoms with E-state index < -0.39 is 0 Å². The molecule has 4 heteroatoms. The van der Waals surface area contributed by atoms with Crippen molar-refractivity contribution >= 4 is 16.6 Å². The van der Waals surface area contributed by atoms with Gasteiger partial charge in [-0.25, -0.2) is 9.37 Å². The van der Waals surface area contributed by atoms with Crippen molar-refractivity contribution in [2.45, 2.75) is 32.6 Å². The maximum absolute atomic E-state index is 13.0. The minimum atomic E-state index is -0.287. The fraction of sp³-hybridized carbons (Fsp3) is 0.250. The summed E-state index contributed by atoms with van der Waals surface area (Å²) in [6.07, 6.45) is 4.42.